The number of rotatable bonds is 5. The first-order valence-corrected chi connectivity index (χ1v) is 6.73. The zero-order chi connectivity index (χ0) is 13.7. The van der Waals surface area contributed by atoms with E-state index in [1.54, 1.807) is 12.4 Å². The molecule has 2 aromatic rings. The molecule has 1 N–H and O–H groups in total. The molecule has 0 amide bonds. The van der Waals surface area contributed by atoms with E-state index in [9.17, 15) is 0 Å². The Kier molecular flexibility index (Phi) is 4.63. The zero-order valence-corrected chi connectivity index (χ0v) is 11.8. The molecule has 0 radical (unpaired) electrons. The van der Waals surface area contributed by atoms with Gasteiger partial charge in [-0.1, -0.05) is 38.1 Å². The fourth-order valence-corrected chi connectivity index (χ4v) is 2.28. The summed E-state index contributed by atoms with van der Waals surface area (Å²) >= 11 is 0. The van der Waals surface area contributed by atoms with Gasteiger partial charge in [0.25, 0.3) is 0 Å². The van der Waals surface area contributed by atoms with Gasteiger partial charge in [0.05, 0.1) is 6.04 Å². The van der Waals surface area contributed by atoms with Crippen LogP contribution in [0.4, 0.5) is 0 Å². The summed E-state index contributed by atoms with van der Waals surface area (Å²) in [4.78, 5) is 8.69. The topological polar surface area (TPSA) is 37.8 Å². The van der Waals surface area contributed by atoms with Crippen molar-refractivity contribution in [1.29, 1.82) is 0 Å². The van der Waals surface area contributed by atoms with E-state index in [0.717, 1.165) is 12.2 Å². The number of nitrogens with zero attached hydrogens (tertiary/aromatic N) is 2. The molecule has 100 valence electrons. The second kappa shape index (κ2) is 6.43. The first-order valence-electron chi connectivity index (χ1n) is 6.73. The van der Waals surface area contributed by atoms with Gasteiger partial charge in [-0.15, -0.1) is 0 Å². The molecule has 19 heavy (non-hydrogen) atoms. The van der Waals surface area contributed by atoms with E-state index in [1.165, 1.54) is 11.1 Å². The molecular formula is C16H21N3. The van der Waals surface area contributed by atoms with Crippen molar-refractivity contribution >= 4 is 0 Å². The minimum Gasteiger partial charge on any atom is -0.307 e. The summed E-state index contributed by atoms with van der Waals surface area (Å²) in [6, 6.07) is 10.6. The van der Waals surface area contributed by atoms with Crippen LogP contribution in [-0.4, -0.2) is 17.0 Å². The van der Waals surface area contributed by atoms with E-state index in [4.69, 9.17) is 0 Å². The fourth-order valence-electron chi connectivity index (χ4n) is 2.28. The van der Waals surface area contributed by atoms with Crippen LogP contribution in [0.5, 0.6) is 0 Å². The average Bonchev–Trinajstić information content (AvgIpc) is 2.40. The minimum atomic E-state index is 0.0494. The molecule has 2 rings (SSSR count). The highest BCUT2D eigenvalue weighted by molar-refractivity contribution is 5.29. The van der Waals surface area contributed by atoms with E-state index >= 15 is 0 Å². The first kappa shape index (κ1) is 13.7. The quantitative estimate of drug-likeness (QED) is 0.892. The van der Waals surface area contributed by atoms with E-state index in [2.05, 4.69) is 53.4 Å². The lowest BCUT2D eigenvalue weighted by atomic mass is 9.98. The monoisotopic (exact) mass is 255 g/mol. The largest absolute Gasteiger partial charge is 0.307 e. The lowest BCUT2D eigenvalue weighted by molar-refractivity contribution is 0.633. The van der Waals surface area contributed by atoms with Crippen LogP contribution in [0.2, 0.25) is 0 Å². The molecule has 0 bridgehead atoms. The Balaban J connectivity index is 2.28. The van der Waals surface area contributed by atoms with Gasteiger partial charge in [-0.05, 0) is 36.6 Å². The first-order chi connectivity index (χ1) is 9.20. The van der Waals surface area contributed by atoms with Crippen molar-refractivity contribution in [2.45, 2.75) is 26.3 Å². The molecule has 1 unspecified atom stereocenters. The smallest absolute Gasteiger partial charge is 0.149 e. The van der Waals surface area contributed by atoms with Crippen molar-refractivity contribution in [2.24, 2.45) is 5.92 Å². The summed E-state index contributed by atoms with van der Waals surface area (Å²) in [7, 11) is 1.94. The Hall–Kier alpha value is -1.74. The molecule has 0 saturated heterocycles. The van der Waals surface area contributed by atoms with Crippen molar-refractivity contribution in [3.8, 4) is 0 Å². The SMILES string of the molecule is CNC(c1cccc(CC(C)C)c1)c1ncccn1. The summed E-state index contributed by atoms with van der Waals surface area (Å²) < 4.78 is 0. The summed E-state index contributed by atoms with van der Waals surface area (Å²) in [6.07, 6.45) is 4.66. The molecule has 3 nitrogen and oxygen atoms in total. The molecule has 0 fully saturated rings. The number of benzene rings is 1. The standard InChI is InChI=1S/C16H21N3/c1-12(2)10-13-6-4-7-14(11-13)15(17-3)16-18-8-5-9-19-16/h4-9,11-12,15,17H,10H2,1-3H3. The third kappa shape index (κ3) is 3.61. The summed E-state index contributed by atoms with van der Waals surface area (Å²) in [6.45, 7) is 4.48. The number of nitrogens with one attached hydrogen (secondary N) is 1. The second-order valence-electron chi connectivity index (χ2n) is 5.17. The molecule has 1 aromatic carbocycles. The molecule has 1 atom stereocenters. The molecule has 1 heterocycles. The number of aromatic nitrogens is 2. The summed E-state index contributed by atoms with van der Waals surface area (Å²) in [5.41, 5.74) is 2.58. The molecule has 0 spiro atoms. The predicted octanol–water partition coefficient (Wildman–Crippen LogP) is 2.98. The Labute approximate surface area is 115 Å². The zero-order valence-electron chi connectivity index (χ0n) is 11.8. The van der Waals surface area contributed by atoms with Crippen LogP contribution >= 0.6 is 0 Å². The van der Waals surface area contributed by atoms with Crippen LogP contribution in [0.1, 0.15) is 36.8 Å². The van der Waals surface area contributed by atoms with Gasteiger partial charge in [0.2, 0.25) is 0 Å². The molecule has 1 aromatic heterocycles. The molecular weight excluding hydrogens is 234 g/mol. The van der Waals surface area contributed by atoms with Gasteiger partial charge in [0.15, 0.2) is 0 Å². The van der Waals surface area contributed by atoms with Gasteiger partial charge in [0, 0.05) is 12.4 Å². The number of hydrogen-bond donors (Lipinski definition) is 1. The maximum Gasteiger partial charge on any atom is 0.149 e. The van der Waals surface area contributed by atoms with Crippen LogP contribution in [0.15, 0.2) is 42.7 Å². The van der Waals surface area contributed by atoms with E-state index in [-0.39, 0.29) is 6.04 Å². The lowest BCUT2D eigenvalue weighted by Crippen LogP contribution is -2.20. The summed E-state index contributed by atoms with van der Waals surface area (Å²) in [5, 5.41) is 3.29. The van der Waals surface area contributed by atoms with Crippen molar-refractivity contribution in [3.05, 3.63) is 59.7 Å². The van der Waals surface area contributed by atoms with Crippen molar-refractivity contribution in [3.63, 3.8) is 0 Å². The van der Waals surface area contributed by atoms with Gasteiger partial charge >= 0.3 is 0 Å². The van der Waals surface area contributed by atoms with Crippen LogP contribution in [0.25, 0.3) is 0 Å². The van der Waals surface area contributed by atoms with E-state index < -0.39 is 0 Å². The fraction of sp³-hybridized carbons (Fsp3) is 0.375. The van der Waals surface area contributed by atoms with Gasteiger partial charge < -0.3 is 5.32 Å². The Morgan fingerprint density at radius 2 is 1.84 bits per heavy atom. The molecule has 3 heteroatoms. The highest BCUT2D eigenvalue weighted by Crippen LogP contribution is 2.20. The predicted molar refractivity (Wildman–Crippen MR) is 77.9 cm³/mol. The maximum absolute atomic E-state index is 4.34. The van der Waals surface area contributed by atoms with Crippen LogP contribution in [-0.2, 0) is 6.42 Å². The second-order valence-corrected chi connectivity index (χ2v) is 5.17. The third-order valence-corrected chi connectivity index (χ3v) is 3.06. The van der Waals surface area contributed by atoms with Crippen molar-refractivity contribution in [2.75, 3.05) is 7.05 Å². The number of hydrogen-bond acceptors (Lipinski definition) is 3. The Morgan fingerprint density at radius 1 is 1.11 bits per heavy atom. The summed E-state index contributed by atoms with van der Waals surface area (Å²) in [5.74, 6) is 1.47. The molecule has 0 aliphatic carbocycles. The van der Waals surface area contributed by atoms with Gasteiger partial charge in [-0.2, -0.15) is 0 Å². The van der Waals surface area contributed by atoms with Crippen molar-refractivity contribution < 1.29 is 0 Å². The van der Waals surface area contributed by atoms with Gasteiger partial charge in [-0.25, -0.2) is 9.97 Å². The van der Waals surface area contributed by atoms with Crippen LogP contribution < -0.4 is 5.32 Å². The molecule has 0 aliphatic heterocycles. The van der Waals surface area contributed by atoms with Crippen LogP contribution in [0, 0.1) is 5.92 Å². The van der Waals surface area contributed by atoms with Gasteiger partial charge in [-0.3, -0.25) is 0 Å². The molecule has 0 saturated carbocycles. The highest BCUT2D eigenvalue weighted by atomic mass is 15.0. The van der Waals surface area contributed by atoms with Crippen molar-refractivity contribution in [1.82, 2.24) is 15.3 Å². The minimum absolute atomic E-state index is 0.0494. The normalized spacial score (nSPS) is 12.6. The Bertz CT molecular complexity index is 508. The van der Waals surface area contributed by atoms with E-state index in [1.807, 2.05) is 13.1 Å². The lowest BCUT2D eigenvalue weighted by Gasteiger charge is -2.16. The average molecular weight is 255 g/mol. The Morgan fingerprint density at radius 3 is 2.47 bits per heavy atom. The molecule has 0 aliphatic rings. The maximum atomic E-state index is 4.34. The highest BCUT2D eigenvalue weighted by Gasteiger charge is 2.14. The van der Waals surface area contributed by atoms with E-state index in [0.29, 0.717) is 5.92 Å². The van der Waals surface area contributed by atoms with Gasteiger partial charge in [0.1, 0.15) is 5.82 Å². The van der Waals surface area contributed by atoms with Crippen LogP contribution in [0.3, 0.4) is 0 Å². The third-order valence-electron chi connectivity index (χ3n) is 3.06.